The lowest BCUT2D eigenvalue weighted by Crippen LogP contribution is -2.16. The monoisotopic (exact) mass is 464 g/mol. The van der Waals surface area contributed by atoms with Crippen LogP contribution in [0.2, 0.25) is 0 Å². The first-order valence-electron chi connectivity index (χ1n) is 11.7. The highest BCUT2D eigenvalue weighted by molar-refractivity contribution is 5.79. The number of methoxy groups -OCH3 is 1. The summed E-state index contributed by atoms with van der Waals surface area (Å²) in [6, 6.07) is 18.5. The molecule has 3 aromatic carbocycles. The molecular weight excluding hydrogens is 436 g/mol. The van der Waals surface area contributed by atoms with E-state index in [1.807, 2.05) is 43.3 Å². The predicted molar refractivity (Wildman–Crippen MR) is 140 cm³/mol. The van der Waals surface area contributed by atoms with Crippen molar-refractivity contribution in [1.82, 2.24) is 0 Å². The molecule has 2 aliphatic rings. The summed E-state index contributed by atoms with van der Waals surface area (Å²) in [7, 11) is 1.57. The smallest absolute Gasteiger partial charge is 0.161 e. The predicted octanol–water partition coefficient (Wildman–Crippen LogP) is 6.74. The molecular formula is C31H28O4. The number of phenols is 3. The molecule has 0 aromatic heterocycles. The zero-order chi connectivity index (χ0) is 24.5. The van der Waals surface area contributed by atoms with Crippen molar-refractivity contribution in [3.8, 4) is 23.0 Å². The van der Waals surface area contributed by atoms with Crippen LogP contribution in [0.15, 0.2) is 97.1 Å². The van der Waals surface area contributed by atoms with Gasteiger partial charge in [0.15, 0.2) is 11.5 Å². The molecule has 3 N–H and O–H groups in total. The molecule has 0 aliphatic heterocycles. The highest BCUT2D eigenvalue weighted by Gasteiger charge is 2.31. The van der Waals surface area contributed by atoms with E-state index in [1.54, 1.807) is 31.4 Å². The highest BCUT2D eigenvalue weighted by atomic mass is 16.5. The molecule has 35 heavy (non-hydrogen) atoms. The van der Waals surface area contributed by atoms with E-state index in [0.717, 1.165) is 33.4 Å². The SMILES string of the molecule is COc1cc(C(C2C=CC(c3ccc(O)cc3)=C2)C2C=CC(c3ccc(O)cc3)=C2)cc(C)c1O. The average molecular weight is 465 g/mol. The van der Waals surface area contributed by atoms with Gasteiger partial charge < -0.3 is 20.1 Å². The summed E-state index contributed by atoms with van der Waals surface area (Å²) >= 11 is 0. The van der Waals surface area contributed by atoms with Gasteiger partial charge in [-0.05, 0) is 70.7 Å². The van der Waals surface area contributed by atoms with Gasteiger partial charge in [-0.1, -0.05) is 66.8 Å². The van der Waals surface area contributed by atoms with Crippen LogP contribution in [0.25, 0.3) is 11.1 Å². The Kier molecular flexibility index (Phi) is 5.96. The number of rotatable bonds is 6. The number of ether oxygens (including phenoxy) is 1. The van der Waals surface area contributed by atoms with Crippen LogP contribution in [0.4, 0.5) is 0 Å². The Morgan fingerprint density at radius 1 is 0.714 bits per heavy atom. The maximum atomic E-state index is 10.4. The molecule has 4 nitrogen and oxygen atoms in total. The Morgan fingerprint density at radius 3 is 1.66 bits per heavy atom. The van der Waals surface area contributed by atoms with Gasteiger partial charge in [-0.2, -0.15) is 0 Å². The average Bonchev–Trinajstić information content (AvgIpc) is 3.53. The van der Waals surface area contributed by atoms with Crippen molar-refractivity contribution in [3.05, 3.63) is 119 Å². The quantitative estimate of drug-likeness (QED) is 0.378. The summed E-state index contributed by atoms with van der Waals surface area (Å²) in [5.41, 5.74) is 6.22. The van der Waals surface area contributed by atoms with Crippen molar-refractivity contribution in [3.63, 3.8) is 0 Å². The van der Waals surface area contributed by atoms with Gasteiger partial charge in [0, 0.05) is 17.8 Å². The Bertz CT molecular complexity index is 1280. The lowest BCUT2D eigenvalue weighted by molar-refractivity contribution is 0.370. The number of aryl methyl sites for hydroxylation is 1. The minimum absolute atomic E-state index is 0.0833. The lowest BCUT2D eigenvalue weighted by Gasteiger charge is -2.27. The summed E-state index contributed by atoms with van der Waals surface area (Å²) in [6.07, 6.45) is 13.3. The van der Waals surface area contributed by atoms with E-state index in [4.69, 9.17) is 4.74 Å². The topological polar surface area (TPSA) is 69.9 Å². The number of allylic oxidation sites excluding steroid dienone is 8. The normalized spacial score (nSPS) is 19.5. The number of hydrogen-bond acceptors (Lipinski definition) is 4. The number of phenolic OH excluding ortho intramolecular Hbond substituents is 3. The van der Waals surface area contributed by atoms with Gasteiger partial charge in [-0.25, -0.2) is 0 Å². The summed E-state index contributed by atoms with van der Waals surface area (Å²) in [5, 5.41) is 29.8. The van der Waals surface area contributed by atoms with Crippen LogP contribution in [0.5, 0.6) is 23.0 Å². The van der Waals surface area contributed by atoms with Gasteiger partial charge in [0.25, 0.3) is 0 Å². The molecule has 2 unspecified atom stereocenters. The molecule has 0 bridgehead atoms. The zero-order valence-electron chi connectivity index (χ0n) is 19.7. The van der Waals surface area contributed by atoms with Gasteiger partial charge in [-0.15, -0.1) is 0 Å². The van der Waals surface area contributed by atoms with E-state index >= 15 is 0 Å². The Labute approximate surface area is 205 Å². The summed E-state index contributed by atoms with van der Waals surface area (Å²) < 4.78 is 5.48. The molecule has 2 aliphatic carbocycles. The fourth-order valence-corrected chi connectivity index (χ4v) is 5.03. The van der Waals surface area contributed by atoms with Gasteiger partial charge in [-0.3, -0.25) is 0 Å². The Morgan fingerprint density at radius 2 is 1.20 bits per heavy atom. The van der Waals surface area contributed by atoms with Crippen LogP contribution in [0.1, 0.15) is 28.2 Å². The summed E-state index contributed by atoms with van der Waals surface area (Å²) in [6.45, 7) is 1.89. The molecule has 0 fully saturated rings. The standard InChI is InChI=1S/C31H28O4/c1-19-15-26(18-29(35-2)31(19)34)30(24-5-3-22(16-24)20-7-11-27(32)12-8-20)25-6-4-23(17-25)21-9-13-28(33)14-10-21/h3-18,24-25,30,32-34H,1-2H3. The van der Waals surface area contributed by atoms with E-state index in [0.29, 0.717) is 5.75 Å². The van der Waals surface area contributed by atoms with Crippen LogP contribution >= 0.6 is 0 Å². The van der Waals surface area contributed by atoms with Crippen molar-refractivity contribution in [2.45, 2.75) is 12.8 Å². The van der Waals surface area contributed by atoms with Crippen LogP contribution < -0.4 is 4.74 Å². The van der Waals surface area contributed by atoms with Crippen molar-refractivity contribution >= 4 is 11.1 Å². The zero-order valence-corrected chi connectivity index (χ0v) is 19.7. The van der Waals surface area contributed by atoms with E-state index in [2.05, 4.69) is 36.5 Å². The Hall–Kier alpha value is -4.18. The van der Waals surface area contributed by atoms with Crippen molar-refractivity contribution in [2.24, 2.45) is 11.8 Å². The van der Waals surface area contributed by atoms with E-state index in [1.165, 1.54) is 0 Å². The fraction of sp³-hybridized carbons (Fsp3) is 0.161. The first kappa shape index (κ1) is 22.6. The minimum Gasteiger partial charge on any atom is -0.508 e. The van der Waals surface area contributed by atoms with Crippen molar-refractivity contribution in [2.75, 3.05) is 7.11 Å². The maximum Gasteiger partial charge on any atom is 0.161 e. The largest absolute Gasteiger partial charge is 0.508 e. The van der Waals surface area contributed by atoms with Gasteiger partial charge in [0.05, 0.1) is 7.11 Å². The van der Waals surface area contributed by atoms with Gasteiger partial charge in [0.2, 0.25) is 0 Å². The second-order valence-electron chi connectivity index (χ2n) is 9.13. The fourth-order valence-electron chi connectivity index (χ4n) is 5.03. The molecule has 0 heterocycles. The summed E-state index contributed by atoms with van der Waals surface area (Å²) in [5.74, 6) is 1.47. The number of aromatic hydroxyl groups is 3. The van der Waals surface area contributed by atoms with Crippen LogP contribution in [0, 0.1) is 18.8 Å². The van der Waals surface area contributed by atoms with E-state index in [-0.39, 0.29) is 35.0 Å². The number of hydrogen-bond donors (Lipinski definition) is 3. The second-order valence-corrected chi connectivity index (χ2v) is 9.13. The van der Waals surface area contributed by atoms with E-state index in [9.17, 15) is 15.3 Å². The molecule has 3 aromatic rings. The Balaban J connectivity index is 1.55. The highest BCUT2D eigenvalue weighted by Crippen LogP contribution is 2.46. The van der Waals surface area contributed by atoms with Crippen molar-refractivity contribution in [1.29, 1.82) is 0 Å². The lowest BCUT2D eigenvalue weighted by atomic mass is 9.77. The summed E-state index contributed by atoms with van der Waals surface area (Å²) in [4.78, 5) is 0. The second kappa shape index (κ2) is 9.22. The molecule has 0 amide bonds. The van der Waals surface area contributed by atoms with Crippen LogP contribution in [0.3, 0.4) is 0 Å². The molecule has 4 heteroatoms. The van der Waals surface area contributed by atoms with E-state index < -0.39 is 0 Å². The van der Waals surface area contributed by atoms with Crippen LogP contribution in [-0.2, 0) is 0 Å². The van der Waals surface area contributed by atoms with Crippen LogP contribution in [-0.4, -0.2) is 22.4 Å². The third-order valence-electron chi connectivity index (χ3n) is 6.86. The van der Waals surface area contributed by atoms with Gasteiger partial charge in [0.1, 0.15) is 11.5 Å². The van der Waals surface area contributed by atoms with Crippen molar-refractivity contribution < 1.29 is 20.1 Å². The maximum absolute atomic E-state index is 10.4. The molecule has 5 rings (SSSR count). The minimum atomic E-state index is 0.0833. The molecule has 0 spiro atoms. The molecule has 2 atom stereocenters. The molecule has 176 valence electrons. The third-order valence-corrected chi connectivity index (χ3v) is 6.86. The van der Waals surface area contributed by atoms with Gasteiger partial charge >= 0.3 is 0 Å². The third kappa shape index (κ3) is 4.47. The first-order chi connectivity index (χ1) is 16.9. The molecule has 0 radical (unpaired) electrons. The first-order valence-corrected chi connectivity index (χ1v) is 11.7. The molecule has 0 saturated heterocycles. The molecule has 0 saturated carbocycles. The number of benzene rings is 3.